The van der Waals surface area contributed by atoms with E-state index >= 15 is 0 Å². The van der Waals surface area contributed by atoms with Crippen molar-refractivity contribution in [1.29, 1.82) is 0 Å². The second-order valence-electron chi connectivity index (χ2n) is 11.3. The Morgan fingerprint density at radius 2 is 1.60 bits per heavy atom. The number of rotatable bonds is 11. The van der Waals surface area contributed by atoms with Crippen molar-refractivity contribution in [2.45, 2.75) is 104 Å². The Kier molecular flexibility index (Phi) is 15.4. The second-order valence-corrected chi connectivity index (χ2v) is 11.3. The third kappa shape index (κ3) is 12.9. The lowest BCUT2D eigenvalue weighted by Gasteiger charge is -2.29. The second kappa shape index (κ2) is 17.6. The summed E-state index contributed by atoms with van der Waals surface area (Å²) >= 11 is 0. The number of nitrogens with zero attached hydrogens (tertiary/aromatic N) is 1. The highest BCUT2D eigenvalue weighted by atomic mass is 16.5. The molecule has 3 N–H and O–H groups in total. The van der Waals surface area contributed by atoms with Crippen molar-refractivity contribution >= 4 is 29.5 Å². The largest absolute Gasteiger partial charge is 0.460 e. The van der Waals surface area contributed by atoms with Crippen LogP contribution in [0, 0.1) is 11.8 Å². The molecule has 0 aromatic heterocycles. The lowest BCUT2D eigenvalue weighted by Crippen LogP contribution is -2.55. The molecule has 3 atom stereocenters. The van der Waals surface area contributed by atoms with Crippen LogP contribution in [0.1, 0.15) is 91.9 Å². The van der Waals surface area contributed by atoms with Gasteiger partial charge in [-0.1, -0.05) is 78.7 Å². The summed E-state index contributed by atoms with van der Waals surface area (Å²) in [6.45, 7) is 9.76. The van der Waals surface area contributed by atoms with E-state index in [0.29, 0.717) is 12.8 Å². The fraction of sp³-hybridized carbons (Fsp3) is 0.700. The Bertz CT molecular complexity index is 926. The molecule has 0 aliphatic carbocycles. The van der Waals surface area contributed by atoms with E-state index < -0.39 is 53.6 Å². The highest BCUT2D eigenvalue weighted by Gasteiger charge is 2.44. The highest BCUT2D eigenvalue weighted by molar-refractivity contribution is 6.10. The van der Waals surface area contributed by atoms with Gasteiger partial charge in [-0.05, 0) is 31.8 Å². The van der Waals surface area contributed by atoms with Crippen molar-refractivity contribution in [3.63, 3.8) is 0 Å². The molecule has 0 aromatic rings. The third-order valence-corrected chi connectivity index (χ3v) is 7.08. The number of cyclic esters (lactones) is 1. The van der Waals surface area contributed by atoms with E-state index in [1.807, 2.05) is 0 Å². The van der Waals surface area contributed by atoms with Gasteiger partial charge in [0.15, 0.2) is 11.4 Å². The van der Waals surface area contributed by atoms with Crippen LogP contribution < -0.4 is 10.6 Å². The van der Waals surface area contributed by atoms with Crippen LogP contribution in [-0.2, 0) is 28.7 Å². The normalized spacial score (nSPS) is 24.9. The first kappa shape index (κ1) is 35.0. The number of hydrogen-bond acceptors (Lipinski definition) is 7. The molecule has 1 rings (SSSR count). The van der Waals surface area contributed by atoms with Crippen LogP contribution in [0.2, 0.25) is 0 Å². The monoisotopic (exact) mass is 563 g/mol. The van der Waals surface area contributed by atoms with Gasteiger partial charge in [0.2, 0.25) is 11.8 Å². The number of ketones is 1. The zero-order chi connectivity index (χ0) is 30.3. The summed E-state index contributed by atoms with van der Waals surface area (Å²) in [5.74, 6) is -4.02. The van der Waals surface area contributed by atoms with Gasteiger partial charge in [0.25, 0.3) is 5.91 Å². The molecule has 1 heterocycles. The maximum Gasteiger partial charge on any atom is 0.325 e. The van der Waals surface area contributed by atoms with Crippen LogP contribution in [-0.4, -0.2) is 71.3 Å². The molecular formula is C30H49N3O7. The van der Waals surface area contributed by atoms with Crippen molar-refractivity contribution in [3.05, 3.63) is 24.4 Å². The van der Waals surface area contributed by atoms with Gasteiger partial charge in [0, 0.05) is 18.8 Å². The summed E-state index contributed by atoms with van der Waals surface area (Å²) in [4.78, 5) is 64.2. The molecule has 0 spiro atoms. The molecule has 0 fully saturated rings. The van der Waals surface area contributed by atoms with E-state index in [9.17, 15) is 29.1 Å². The number of nitrogens with one attached hydrogen (secondary N) is 2. The van der Waals surface area contributed by atoms with Gasteiger partial charge in [0.1, 0.15) is 12.6 Å². The van der Waals surface area contributed by atoms with E-state index in [1.165, 1.54) is 52.2 Å². The fourth-order valence-corrected chi connectivity index (χ4v) is 4.47. The predicted octanol–water partition coefficient (Wildman–Crippen LogP) is 3.19. The van der Waals surface area contributed by atoms with Crippen molar-refractivity contribution in [3.8, 4) is 0 Å². The molecule has 226 valence electrons. The molecule has 0 radical (unpaired) electrons. The van der Waals surface area contributed by atoms with Crippen molar-refractivity contribution < 1.29 is 33.8 Å². The van der Waals surface area contributed by atoms with Gasteiger partial charge in [-0.15, -0.1) is 0 Å². The van der Waals surface area contributed by atoms with Crippen LogP contribution in [0.5, 0.6) is 0 Å². The number of carbonyl (C=O) groups is 5. The summed E-state index contributed by atoms with van der Waals surface area (Å²) in [5, 5.41) is 15.4. The zero-order valence-electron chi connectivity index (χ0n) is 24.9. The van der Waals surface area contributed by atoms with Crippen LogP contribution in [0.25, 0.3) is 0 Å². The number of carbonyl (C=O) groups excluding carboxylic acids is 5. The lowest BCUT2D eigenvalue weighted by atomic mass is 9.85. The summed E-state index contributed by atoms with van der Waals surface area (Å²) < 4.78 is 5.63. The van der Waals surface area contributed by atoms with Crippen LogP contribution in [0.4, 0.5) is 0 Å². The number of likely N-dealkylation sites (N-methyl/N-ethyl adjacent to an activating group) is 1. The number of ether oxygens (including phenoxy) is 1. The average Bonchev–Trinajstić information content (AvgIpc) is 2.88. The summed E-state index contributed by atoms with van der Waals surface area (Å²) in [7, 11) is 1.42. The molecule has 1 aliphatic heterocycles. The number of Topliss-reactive ketones (excluding diaryl/α,β-unsaturated/α-hetero) is 1. The van der Waals surface area contributed by atoms with E-state index in [0.717, 1.165) is 43.1 Å². The molecular weight excluding hydrogens is 514 g/mol. The Hall–Kier alpha value is -3.01. The van der Waals surface area contributed by atoms with Crippen LogP contribution in [0.15, 0.2) is 24.4 Å². The molecule has 0 bridgehead atoms. The van der Waals surface area contributed by atoms with Crippen LogP contribution in [0.3, 0.4) is 0 Å². The van der Waals surface area contributed by atoms with Gasteiger partial charge < -0.3 is 25.4 Å². The number of aliphatic hydroxyl groups is 1. The maximum absolute atomic E-state index is 13.2. The van der Waals surface area contributed by atoms with E-state index in [-0.39, 0.29) is 12.2 Å². The molecule has 40 heavy (non-hydrogen) atoms. The van der Waals surface area contributed by atoms with E-state index in [1.54, 1.807) is 0 Å². The van der Waals surface area contributed by atoms with Crippen molar-refractivity contribution in [1.82, 2.24) is 15.5 Å². The Morgan fingerprint density at radius 3 is 2.20 bits per heavy atom. The Balaban J connectivity index is 2.88. The number of esters is 1. The minimum Gasteiger partial charge on any atom is -0.460 e. The van der Waals surface area contributed by atoms with Crippen molar-refractivity contribution in [2.24, 2.45) is 11.8 Å². The summed E-state index contributed by atoms with van der Waals surface area (Å²) in [6.07, 6.45) is 11.7. The molecule has 0 unspecified atom stereocenters. The van der Waals surface area contributed by atoms with Crippen LogP contribution >= 0.6 is 0 Å². The Labute approximate surface area is 239 Å². The average molecular weight is 564 g/mol. The van der Waals surface area contributed by atoms with Crippen molar-refractivity contribution in [2.75, 3.05) is 20.1 Å². The number of unbranched alkanes of at least 4 members (excludes halogenated alkanes) is 7. The first-order valence-corrected chi connectivity index (χ1v) is 14.4. The maximum atomic E-state index is 13.2. The molecule has 0 saturated heterocycles. The zero-order valence-corrected chi connectivity index (χ0v) is 24.9. The Morgan fingerprint density at radius 1 is 1.02 bits per heavy atom. The minimum atomic E-state index is -2.45. The van der Waals surface area contributed by atoms with Gasteiger partial charge in [-0.25, -0.2) is 0 Å². The van der Waals surface area contributed by atoms with Gasteiger partial charge in [-0.3, -0.25) is 24.0 Å². The molecule has 0 saturated carbocycles. The SMILES string of the molecule is C=C1/C=C/C(=O)N(C)CC(=O)O[C@@H](CCCCCCCCCCC(C)C)[C@H](C)C(=O)[C@](C)(O)C(=O)NCC(=O)N1. The third-order valence-electron chi connectivity index (χ3n) is 7.08. The first-order chi connectivity index (χ1) is 18.7. The smallest absolute Gasteiger partial charge is 0.325 e. The van der Waals surface area contributed by atoms with E-state index in [4.69, 9.17) is 4.74 Å². The number of allylic oxidation sites excluding steroid dienone is 1. The predicted molar refractivity (Wildman–Crippen MR) is 153 cm³/mol. The lowest BCUT2D eigenvalue weighted by molar-refractivity contribution is -0.162. The highest BCUT2D eigenvalue weighted by Crippen LogP contribution is 2.23. The minimum absolute atomic E-state index is 0.0792. The number of hydrogen-bond donors (Lipinski definition) is 3. The summed E-state index contributed by atoms with van der Waals surface area (Å²) in [6, 6.07) is 0. The molecule has 1 aliphatic rings. The fourth-order valence-electron chi connectivity index (χ4n) is 4.47. The topological polar surface area (TPSA) is 142 Å². The first-order valence-electron chi connectivity index (χ1n) is 14.4. The summed E-state index contributed by atoms with van der Waals surface area (Å²) in [5.41, 5.74) is -2.37. The van der Waals surface area contributed by atoms with Gasteiger partial charge >= 0.3 is 5.97 Å². The number of amides is 3. The molecule has 0 aromatic carbocycles. The molecule has 10 nitrogen and oxygen atoms in total. The molecule has 3 amide bonds. The molecule has 10 heteroatoms. The quantitative estimate of drug-likeness (QED) is 0.199. The standard InChI is InChI=1S/C30H49N3O7/c1-21(2)15-13-11-9-7-8-10-12-14-16-24-23(4)28(37)30(5,39)29(38)31-19-25(34)32-22(3)17-18-26(35)33(6)20-27(36)40-24/h17-18,21,23-24,39H,3,7-16,19-20H2,1-2,4-6H3,(H,31,38)(H,32,34)/b18-17+/t23-,24-,30-/m0/s1. The van der Waals surface area contributed by atoms with Gasteiger partial charge in [-0.2, -0.15) is 0 Å². The van der Waals surface area contributed by atoms with Gasteiger partial charge in [0.05, 0.1) is 12.5 Å². The van der Waals surface area contributed by atoms with E-state index in [2.05, 4.69) is 31.1 Å².